The van der Waals surface area contributed by atoms with E-state index < -0.39 is 0 Å². The van der Waals surface area contributed by atoms with E-state index in [1.54, 1.807) is 21.3 Å². The van der Waals surface area contributed by atoms with Crippen LogP contribution in [0.3, 0.4) is 0 Å². The second-order valence-electron chi connectivity index (χ2n) is 12.4. The van der Waals surface area contributed by atoms with Gasteiger partial charge in [0, 0.05) is 74.4 Å². The fraction of sp³-hybridized carbons (Fsp3) is 0.447. The van der Waals surface area contributed by atoms with E-state index in [9.17, 15) is 0 Å². The summed E-state index contributed by atoms with van der Waals surface area (Å²) < 4.78 is 22.8. The number of hydrogen-bond donors (Lipinski definition) is 1. The molecule has 1 saturated carbocycles. The highest BCUT2D eigenvalue weighted by molar-refractivity contribution is 5.75. The summed E-state index contributed by atoms with van der Waals surface area (Å²) >= 11 is 0. The summed E-state index contributed by atoms with van der Waals surface area (Å²) in [5.41, 5.74) is 9.75. The van der Waals surface area contributed by atoms with E-state index in [1.165, 1.54) is 40.7 Å². The second-order valence-corrected chi connectivity index (χ2v) is 12.4. The summed E-state index contributed by atoms with van der Waals surface area (Å²) in [6.45, 7) is 8.80. The number of benzene rings is 2. The van der Waals surface area contributed by atoms with Gasteiger partial charge in [-0.05, 0) is 72.2 Å². The monoisotopic (exact) mass is 624 g/mol. The highest BCUT2D eigenvalue weighted by Crippen LogP contribution is 2.48. The second kappa shape index (κ2) is 14.6. The van der Waals surface area contributed by atoms with E-state index in [1.807, 2.05) is 25.4 Å². The molecule has 0 atom stereocenters. The molecule has 2 aliphatic heterocycles. The zero-order chi connectivity index (χ0) is 32.0. The van der Waals surface area contributed by atoms with Gasteiger partial charge in [0.25, 0.3) is 0 Å². The van der Waals surface area contributed by atoms with Gasteiger partial charge in [0.1, 0.15) is 5.75 Å². The molecule has 3 heterocycles. The number of nitrogens with one attached hydrogen (secondary N) is 1. The molecule has 1 aromatic heterocycles. The Labute approximate surface area is 274 Å². The van der Waals surface area contributed by atoms with Crippen LogP contribution < -0.4 is 24.3 Å². The Kier molecular flexibility index (Phi) is 10.1. The first-order chi connectivity index (χ1) is 22.6. The van der Waals surface area contributed by atoms with Crippen LogP contribution in [-0.2, 0) is 13.0 Å². The summed E-state index contributed by atoms with van der Waals surface area (Å²) in [7, 11) is 6.75. The average Bonchev–Trinajstić information content (AvgIpc) is 3.94. The summed E-state index contributed by atoms with van der Waals surface area (Å²) in [5, 5.41) is 3.60. The van der Waals surface area contributed by atoms with Gasteiger partial charge in [0.15, 0.2) is 11.5 Å². The first-order valence-electron chi connectivity index (χ1n) is 16.6. The number of methoxy groups -OCH3 is 4. The van der Waals surface area contributed by atoms with Gasteiger partial charge in [-0.2, -0.15) is 0 Å². The molecule has 3 aromatic rings. The highest BCUT2D eigenvalue weighted by Gasteiger charge is 2.30. The number of rotatable bonds is 13. The fourth-order valence-electron chi connectivity index (χ4n) is 6.92. The molecule has 0 spiro atoms. The predicted octanol–water partition coefficient (Wildman–Crippen LogP) is 6.30. The lowest BCUT2D eigenvalue weighted by Crippen LogP contribution is -2.46. The number of nitrogens with zero attached hydrogens (tertiary/aromatic N) is 3. The summed E-state index contributed by atoms with van der Waals surface area (Å²) in [4.78, 5) is 10.0. The molecule has 0 amide bonds. The smallest absolute Gasteiger partial charge is 0.203 e. The molecule has 1 aliphatic carbocycles. The quantitative estimate of drug-likeness (QED) is 0.238. The third kappa shape index (κ3) is 6.88. The molecule has 1 N–H and O–H groups in total. The standard InChI is InChI=1S/C38H48N4O4/c1-6-9-27-20-30(21-32(43-2)35(27)26-12-13-26)36-28(10-7-14-39-36)24-41-16-18-42(19-17-41)25-29-11-8-15-40-37(29)31-22-33(44-3)38(46-5)34(23-31)45-4/h7-8,10-11,14,20-23,26,40H,6,9,12-13,15-19,24-25H2,1-5H3. The predicted molar refractivity (Wildman–Crippen MR) is 184 cm³/mol. The normalized spacial score (nSPS) is 17.2. The molecular formula is C38H48N4O4. The Balaban J connectivity index is 1.16. The minimum atomic E-state index is 0.603. The third-order valence-corrected chi connectivity index (χ3v) is 9.36. The molecule has 0 unspecified atom stereocenters. The van der Waals surface area contributed by atoms with Crippen molar-refractivity contribution in [2.45, 2.75) is 45.1 Å². The zero-order valence-electron chi connectivity index (χ0n) is 28.0. The number of aryl methyl sites for hydroxylation is 1. The molecule has 1 saturated heterocycles. The number of hydrogen-bond acceptors (Lipinski definition) is 8. The van der Waals surface area contributed by atoms with Crippen molar-refractivity contribution < 1.29 is 18.9 Å². The molecule has 8 nitrogen and oxygen atoms in total. The molecule has 2 fully saturated rings. The molecule has 2 aromatic carbocycles. The van der Waals surface area contributed by atoms with Crippen molar-refractivity contribution in [2.75, 3.05) is 67.7 Å². The van der Waals surface area contributed by atoms with Crippen LogP contribution in [0.1, 0.15) is 54.4 Å². The SMILES string of the molecule is CCCc1cc(-c2ncccc2CN2CCN(CC3=C(c4cc(OC)c(OC)c(OC)c4)NCC=C3)CC2)cc(OC)c1C1CC1. The number of aromatic nitrogens is 1. The van der Waals surface area contributed by atoms with Crippen molar-refractivity contribution in [1.29, 1.82) is 0 Å². The van der Waals surface area contributed by atoms with Crippen LogP contribution in [-0.4, -0.2) is 82.5 Å². The van der Waals surface area contributed by atoms with E-state index in [0.29, 0.717) is 23.2 Å². The lowest BCUT2D eigenvalue weighted by molar-refractivity contribution is 0.135. The van der Waals surface area contributed by atoms with Gasteiger partial charge in [0.2, 0.25) is 5.75 Å². The lowest BCUT2D eigenvalue weighted by Gasteiger charge is -2.36. The number of dihydropyridines is 1. The third-order valence-electron chi connectivity index (χ3n) is 9.36. The molecular weight excluding hydrogens is 576 g/mol. The van der Waals surface area contributed by atoms with E-state index in [2.05, 4.69) is 58.5 Å². The van der Waals surface area contributed by atoms with Crippen LogP contribution in [0.5, 0.6) is 23.0 Å². The topological polar surface area (TPSA) is 68.3 Å². The van der Waals surface area contributed by atoms with Crippen LogP contribution in [0.25, 0.3) is 17.0 Å². The van der Waals surface area contributed by atoms with Crippen molar-refractivity contribution in [3.63, 3.8) is 0 Å². The molecule has 244 valence electrons. The first-order valence-corrected chi connectivity index (χ1v) is 16.6. The van der Waals surface area contributed by atoms with Crippen LogP contribution in [0.2, 0.25) is 0 Å². The minimum Gasteiger partial charge on any atom is -0.496 e. The van der Waals surface area contributed by atoms with Gasteiger partial charge in [-0.25, -0.2) is 0 Å². The van der Waals surface area contributed by atoms with Crippen LogP contribution >= 0.6 is 0 Å². The summed E-state index contributed by atoms with van der Waals surface area (Å²) in [5.74, 6) is 3.59. The first kappa shape index (κ1) is 32.0. The summed E-state index contributed by atoms with van der Waals surface area (Å²) in [6, 6.07) is 13.0. The van der Waals surface area contributed by atoms with E-state index in [0.717, 1.165) is 81.4 Å². The van der Waals surface area contributed by atoms with Crippen LogP contribution in [0.15, 0.2) is 60.3 Å². The van der Waals surface area contributed by atoms with E-state index in [4.69, 9.17) is 23.9 Å². The minimum absolute atomic E-state index is 0.603. The van der Waals surface area contributed by atoms with Crippen molar-refractivity contribution in [3.05, 3.63) is 82.6 Å². The fourth-order valence-corrected chi connectivity index (χ4v) is 6.92. The largest absolute Gasteiger partial charge is 0.496 e. The van der Waals surface area contributed by atoms with Crippen molar-refractivity contribution in [3.8, 4) is 34.3 Å². The Morgan fingerprint density at radius 3 is 2.11 bits per heavy atom. The van der Waals surface area contributed by atoms with Crippen molar-refractivity contribution in [2.24, 2.45) is 0 Å². The Hall–Kier alpha value is -4.01. The molecule has 3 aliphatic rings. The van der Waals surface area contributed by atoms with Crippen molar-refractivity contribution in [1.82, 2.24) is 20.1 Å². The molecule has 6 rings (SSSR count). The zero-order valence-corrected chi connectivity index (χ0v) is 28.0. The van der Waals surface area contributed by atoms with Crippen LogP contribution in [0.4, 0.5) is 0 Å². The van der Waals surface area contributed by atoms with Crippen molar-refractivity contribution >= 4 is 5.70 Å². The molecule has 8 heteroatoms. The lowest BCUT2D eigenvalue weighted by atomic mass is 9.93. The number of piperazine rings is 1. The number of ether oxygens (including phenoxy) is 4. The highest BCUT2D eigenvalue weighted by atomic mass is 16.5. The maximum atomic E-state index is 5.95. The maximum absolute atomic E-state index is 5.95. The summed E-state index contributed by atoms with van der Waals surface area (Å²) in [6.07, 6.45) is 11.1. The van der Waals surface area contributed by atoms with E-state index >= 15 is 0 Å². The Bertz CT molecular complexity index is 1560. The van der Waals surface area contributed by atoms with Crippen LogP contribution in [0, 0.1) is 0 Å². The van der Waals surface area contributed by atoms with E-state index in [-0.39, 0.29) is 0 Å². The van der Waals surface area contributed by atoms with Gasteiger partial charge in [-0.15, -0.1) is 0 Å². The van der Waals surface area contributed by atoms with Gasteiger partial charge >= 0.3 is 0 Å². The maximum Gasteiger partial charge on any atom is 0.203 e. The molecule has 0 bridgehead atoms. The average molecular weight is 625 g/mol. The molecule has 0 radical (unpaired) electrons. The van der Waals surface area contributed by atoms with Gasteiger partial charge in [0.05, 0.1) is 34.1 Å². The van der Waals surface area contributed by atoms with Gasteiger partial charge in [-0.1, -0.05) is 31.6 Å². The van der Waals surface area contributed by atoms with Gasteiger partial charge in [-0.3, -0.25) is 14.8 Å². The molecule has 46 heavy (non-hydrogen) atoms. The Morgan fingerprint density at radius 1 is 0.804 bits per heavy atom. The Morgan fingerprint density at radius 2 is 1.48 bits per heavy atom. The van der Waals surface area contributed by atoms with Gasteiger partial charge < -0.3 is 24.3 Å². The number of pyridine rings is 1.